The highest BCUT2D eigenvalue weighted by molar-refractivity contribution is 5.47. The van der Waals surface area contributed by atoms with Gasteiger partial charge in [-0.25, -0.2) is 0 Å². The van der Waals surface area contributed by atoms with Crippen LogP contribution in [0.5, 0.6) is 6.01 Å². The molecule has 0 bridgehead atoms. The van der Waals surface area contributed by atoms with Gasteiger partial charge >= 0.3 is 18.2 Å². The second-order valence-electron chi connectivity index (χ2n) is 9.36. The fourth-order valence-corrected chi connectivity index (χ4v) is 5.33. The maximum atomic E-state index is 11.8. The molecule has 1 saturated heterocycles. The van der Waals surface area contributed by atoms with Crippen LogP contribution in [-0.4, -0.2) is 39.6 Å². The van der Waals surface area contributed by atoms with Crippen molar-refractivity contribution in [2.75, 3.05) is 6.61 Å². The van der Waals surface area contributed by atoms with Gasteiger partial charge in [0.15, 0.2) is 23.4 Å². The van der Waals surface area contributed by atoms with Crippen LogP contribution in [-0.2, 0) is 19.8 Å². The van der Waals surface area contributed by atoms with Crippen LogP contribution in [0.4, 0.5) is 0 Å². The molecule has 40 heavy (non-hydrogen) atoms. The van der Waals surface area contributed by atoms with E-state index in [9.17, 15) is 9.90 Å². The number of aliphatic hydroxyl groups is 1. The smallest absolute Gasteiger partial charge is 0.429 e. The van der Waals surface area contributed by atoms with Crippen molar-refractivity contribution in [2.24, 2.45) is 0 Å². The Hall–Kier alpha value is -4.98. The summed E-state index contributed by atoms with van der Waals surface area (Å²) in [5.74, 6) is -0.635. The molecule has 0 spiro atoms. The molecule has 0 unspecified atom stereocenters. The van der Waals surface area contributed by atoms with E-state index < -0.39 is 41.6 Å². The Morgan fingerprint density at radius 3 is 2.10 bits per heavy atom. The third-order valence-corrected chi connectivity index (χ3v) is 7.04. The van der Waals surface area contributed by atoms with E-state index in [0.29, 0.717) is 0 Å². The zero-order valence-electron chi connectivity index (χ0n) is 21.2. The normalized spacial score (nSPS) is 21.6. The number of hydrogen-bond donors (Lipinski definition) is 1. The first-order valence-corrected chi connectivity index (χ1v) is 12.7. The van der Waals surface area contributed by atoms with E-state index in [-0.39, 0.29) is 12.6 Å². The van der Waals surface area contributed by atoms with Gasteiger partial charge in [0.1, 0.15) is 11.7 Å². The number of benzene rings is 3. The first-order valence-electron chi connectivity index (χ1n) is 12.7. The molecule has 10 heteroatoms. The minimum absolute atomic E-state index is 0.0201. The fraction of sp³-hybridized carbons (Fsp3) is 0.200. The molecule has 1 N–H and O–H groups in total. The van der Waals surface area contributed by atoms with Crippen LogP contribution in [0.2, 0.25) is 0 Å². The molecule has 0 radical (unpaired) electrons. The Labute approximate surface area is 229 Å². The molecule has 1 aromatic heterocycles. The summed E-state index contributed by atoms with van der Waals surface area (Å²) in [7, 11) is 0. The maximum Gasteiger partial charge on any atom is 0.429 e. The van der Waals surface area contributed by atoms with E-state index in [1.165, 1.54) is 12.3 Å². The van der Waals surface area contributed by atoms with Crippen LogP contribution in [0.25, 0.3) is 4.98 Å². The fourth-order valence-electron chi connectivity index (χ4n) is 5.33. The zero-order chi connectivity index (χ0) is 27.5. The lowest BCUT2D eigenvalue weighted by molar-refractivity contribution is -0.106. The number of diazo groups is 1. The van der Waals surface area contributed by atoms with Gasteiger partial charge in [0.05, 0.1) is 6.61 Å². The molecule has 2 aliphatic rings. The van der Waals surface area contributed by atoms with Gasteiger partial charge in [-0.1, -0.05) is 91.0 Å². The number of fused-ring (bicyclic) bond motifs is 3. The van der Waals surface area contributed by atoms with Gasteiger partial charge in [0.2, 0.25) is 5.39 Å². The number of nitrogens with zero attached hydrogens (tertiary/aromatic N) is 4. The summed E-state index contributed by atoms with van der Waals surface area (Å²) < 4.78 is 26.5. The molecule has 3 aromatic carbocycles. The Morgan fingerprint density at radius 2 is 1.55 bits per heavy atom. The van der Waals surface area contributed by atoms with Crippen molar-refractivity contribution >= 4 is 0 Å². The largest absolute Gasteiger partial charge is 0.476 e. The molecule has 4 aromatic rings. The quantitative estimate of drug-likeness (QED) is 0.198. The van der Waals surface area contributed by atoms with Crippen molar-refractivity contribution in [2.45, 2.75) is 30.1 Å². The third kappa shape index (κ3) is 4.47. The Balaban J connectivity index is 1.40. The van der Waals surface area contributed by atoms with E-state index in [1.807, 2.05) is 91.0 Å². The topological polar surface area (TPSA) is 120 Å². The molecule has 0 aliphatic carbocycles. The summed E-state index contributed by atoms with van der Waals surface area (Å²) in [4.78, 5) is 18.5. The third-order valence-electron chi connectivity index (χ3n) is 7.04. The highest BCUT2D eigenvalue weighted by Crippen LogP contribution is 2.44. The molecule has 10 nitrogen and oxygen atoms in total. The van der Waals surface area contributed by atoms with Gasteiger partial charge in [-0.3, -0.25) is 9.36 Å². The van der Waals surface area contributed by atoms with E-state index in [2.05, 4.69) is 9.96 Å². The molecule has 2 aliphatic heterocycles. The second kappa shape index (κ2) is 10.6. The minimum atomic E-state index is -1.02. The lowest BCUT2D eigenvalue weighted by Gasteiger charge is -2.37. The van der Waals surface area contributed by atoms with Gasteiger partial charge in [-0.2, -0.15) is 4.98 Å². The summed E-state index contributed by atoms with van der Waals surface area (Å²) in [6, 6.07) is 31.1. The number of rotatable bonds is 8. The lowest BCUT2D eigenvalue weighted by Crippen LogP contribution is -2.41. The average Bonchev–Trinajstić information content (AvgIpc) is 3.50. The summed E-state index contributed by atoms with van der Waals surface area (Å²) in [6.07, 6.45) is -0.809. The molecule has 1 fully saturated rings. The van der Waals surface area contributed by atoms with E-state index in [4.69, 9.17) is 24.3 Å². The van der Waals surface area contributed by atoms with E-state index in [0.717, 1.165) is 22.9 Å². The predicted molar refractivity (Wildman–Crippen MR) is 143 cm³/mol. The standard InChI is InChI=1S/C30H24N4O6/c31-32-18-25(36)39-26-23(38-28-27(26)40-29-33-24(35)16-17-34(28)29)19-37-30(20-10-4-1-5-11-20,21-12-6-2-7-13-21)22-14-8-3-9-15-22/h1-18,23,26-28H,19H2/p+1/b25-18+/t23-,26-,27+,28-/m1/s1. The zero-order valence-corrected chi connectivity index (χ0v) is 21.2. The van der Waals surface area contributed by atoms with Crippen molar-refractivity contribution in [1.29, 1.82) is 5.39 Å². The number of aliphatic hydroxyl groups excluding tert-OH is 1. The van der Waals surface area contributed by atoms with Crippen molar-refractivity contribution in [3.8, 4) is 6.01 Å². The van der Waals surface area contributed by atoms with E-state index >= 15 is 0 Å². The summed E-state index contributed by atoms with van der Waals surface area (Å²) in [5.41, 5.74) is 1.26. The van der Waals surface area contributed by atoms with Crippen LogP contribution < -0.4 is 10.3 Å². The predicted octanol–water partition coefficient (Wildman–Crippen LogP) is 4.51. The van der Waals surface area contributed by atoms with Crippen LogP contribution in [0.1, 0.15) is 22.9 Å². The average molecular weight is 538 g/mol. The van der Waals surface area contributed by atoms with Crippen LogP contribution in [0, 0.1) is 5.39 Å². The van der Waals surface area contributed by atoms with Gasteiger partial charge < -0.3 is 24.1 Å². The molecular formula is C30H25N4O6+. The highest BCUT2D eigenvalue weighted by Gasteiger charge is 2.54. The first-order chi connectivity index (χ1) is 19.6. The van der Waals surface area contributed by atoms with Gasteiger partial charge in [0, 0.05) is 12.3 Å². The SMILES string of the molecule is N#[N+]/C=C(\O)O[C@H]1[C@@H]2Oc3nc(=O)ccn3[C@@H]2O[C@@H]1COC(c1ccccc1)(c1ccccc1)c1ccccc1. The molecular weight excluding hydrogens is 512 g/mol. The molecule has 3 heterocycles. The number of aromatic nitrogens is 2. The van der Waals surface area contributed by atoms with E-state index in [1.54, 1.807) is 4.57 Å². The van der Waals surface area contributed by atoms with Crippen molar-refractivity contribution in [1.82, 2.24) is 9.55 Å². The Bertz CT molecular complexity index is 1510. The van der Waals surface area contributed by atoms with Gasteiger partial charge in [-0.05, 0) is 16.7 Å². The Kier molecular flexibility index (Phi) is 6.74. The van der Waals surface area contributed by atoms with Crippen molar-refractivity contribution in [3.05, 3.63) is 147 Å². The number of hydrogen-bond acceptors (Lipinski definition) is 8. The minimum Gasteiger partial charge on any atom is -0.476 e. The maximum absolute atomic E-state index is 11.8. The second-order valence-corrected chi connectivity index (χ2v) is 9.36. The highest BCUT2D eigenvalue weighted by atomic mass is 16.7. The molecule has 200 valence electrons. The molecule has 0 saturated carbocycles. The summed E-state index contributed by atoms with van der Waals surface area (Å²) in [6.45, 7) is 0.0201. The first kappa shape index (κ1) is 25.3. The summed E-state index contributed by atoms with van der Waals surface area (Å²) in [5, 5.41) is 19.1. The lowest BCUT2D eigenvalue weighted by atomic mass is 9.80. The summed E-state index contributed by atoms with van der Waals surface area (Å²) >= 11 is 0. The van der Waals surface area contributed by atoms with Crippen LogP contribution >= 0.6 is 0 Å². The van der Waals surface area contributed by atoms with Crippen LogP contribution in [0.15, 0.2) is 120 Å². The van der Waals surface area contributed by atoms with Gasteiger partial charge in [0.25, 0.3) is 5.56 Å². The van der Waals surface area contributed by atoms with Gasteiger partial charge in [-0.15, -0.1) is 0 Å². The molecule has 0 amide bonds. The molecule has 4 atom stereocenters. The van der Waals surface area contributed by atoms with Crippen molar-refractivity contribution in [3.63, 3.8) is 0 Å². The number of ether oxygens (including phenoxy) is 4. The Morgan fingerprint density at radius 1 is 0.975 bits per heavy atom. The van der Waals surface area contributed by atoms with Crippen LogP contribution in [0.3, 0.4) is 0 Å². The molecule has 6 rings (SSSR count). The monoisotopic (exact) mass is 537 g/mol. The van der Waals surface area contributed by atoms with Crippen molar-refractivity contribution < 1.29 is 24.1 Å².